The average molecular weight is 414 g/mol. The SMILES string of the molecule is COc1cc2sc(C(=O)O)c(Sc3cccc(C(F)(F)F)c3)c2cc1OC. The molecule has 0 radical (unpaired) electrons. The Bertz CT molecular complexity index is 1010. The highest BCUT2D eigenvalue weighted by atomic mass is 32.2. The van der Waals surface area contributed by atoms with Gasteiger partial charge in [0.15, 0.2) is 11.5 Å². The van der Waals surface area contributed by atoms with E-state index in [4.69, 9.17) is 9.47 Å². The number of fused-ring (bicyclic) bond motifs is 1. The summed E-state index contributed by atoms with van der Waals surface area (Å²) in [4.78, 5) is 12.4. The first kappa shape index (κ1) is 19.4. The van der Waals surface area contributed by atoms with Crippen LogP contribution in [-0.2, 0) is 6.18 Å². The molecule has 3 rings (SSSR count). The molecule has 0 atom stereocenters. The standard InChI is InChI=1S/C18H13F3O4S2/c1-24-12-7-11-14(8-13(12)25-2)27-16(17(22)23)15(11)26-10-5-3-4-9(6-10)18(19,20)21/h3-8H,1-2H3,(H,22,23). The van der Waals surface area contributed by atoms with Gasteiger partial charge < -0.3 is 14.6 Å². The fourth-order valence-corrected chi connectivity index (χ4v) is 4.79. The van der Waals surface area contributed by atoms with E-state index in [-0.39, 0.29) is 4.88 Å². The van der Waals surface area contributed by atoms with Crippen LogP contribution in [0.4, 0.5) is 13.2 Å². The summed E-state index contributed by atoms with van der Waals surface area (Å²) in [6, 6.07) is 8.07. The van der Waals surface area contributed by atoms with Crippen molar-refractivity contribution < 1.29 is 32.5 Å². The van der Waals surface area contributed by atoms with Crippen LogP contribution in [0.25, 0.3) is 10.1 Å². The highest BCUT2D eigenvalue weighted by Gasteiger charge is 2.30. The van der Waals surface area contributed by atoms with E-state index in [9.17, 15) is 23.1 Å². The summed E-state index contributed by atoms with van der Waals surface area (Å²) in [6.07, 6.45) is -4.47. The molecule has 0 bridgehead atoms. The van der Waals surface area contributed by atoms with Crippen molar-refractivity contribution in [2.45, 2.75) is 16.0 Å². The molecule has 3 aromatic rings. The van der Waals surface area contributed by atoms with Crippen LogP contribution < -0.4 is 9.47 Å². The van der Waals surface area contributed by atoms with Crippen molar-refractivity contribution in [3.8, 4) is 11.5 Å². The Labute approximate surface area is 160 Å². The number of ether oxygens (including phenoxy) is 2. The summed E-state index contributed by atoms with van der Waals surface area (Å²) >= 11 is 2.01. The smallest absolute Gasteiger partial charge is 0.416 e. The number of alkyl halides is 3. The van der Waals surface area contributed by atoms with E-state index in [0.717, 1.165) is 35.2 Å². The lowest BCUT2D eigenvalue weighted by atomic mass is 10.2. The van der Waals surface area contributed by atoms with Crippen LogP contribution in [0.15, 0.2) is 46.2 Å². The number of carboxylic acids is 1. The van der Waals surface area contributed by atoms with Crippen molar-refractivity contribution in [3.05, 3.63) is 46.8 Å². The predicted molar refractivity (Wildman–Crippen MR) is 97.5 cm³/mol. The fourth-order valence-electron chi connectivity index (χ4n) is 2.50. The molecule has 2 aromatic carbocycles. The van der Waals surface area contributed by atoms with E-state index in [1.54, 1.807) is 12.1 Å². The summed E-state index contributed by atoms with van der Waals surface area (Å²) < 4.78 is 50.0. The van der Waals surface area contributed by atoms with Crippen LogP contribution in [0.2, 0.25) is 0 Å². The van der Waals surface area contributed by atoms with Crippen molar-refractivity contribution in [2.75, 3.05) is 14.2 Å². The second kappa shape index (κ2) is 7.32. The molecule has 0 fully saturated rings. The first-order valence-electron chi connectivity index (χ1n) is 7.51. The minimum absolute atomic E-state index is 0.0442. The third kappa shape index (κ3) is 3.84. The van der Waals surface area contributed by atoms with E-state index in [2.05, 4.69) is 0 Å². The summed E-state index contributed by atoms with van der Waals surface area (Å²) in [7, 11) is 2.92. The van der Waals surface area contributed by atoms with Crippen molar-refractivity contribution in [1.29, 1.82) is 0 Å². The predicted octanol–water partition coefficient (Wildman–Crippen LogP) is 5.79. The van der Waals surface area contributed by atoms with Gasteiger partial charge in [0.05, 0.1) is 19.8 Å². The van der Waals surface area contributed by atoms with Crippen LogP contribution in [0, 0.1) is 0 Å². The van der Waals surface area contributed by atoms with Gasteiger partial charge in [0.2, 0.25) is 0 Å². The highest BCUT2D eigenvalue weighted by Crippen LogP contribution is 2.46. The Morgan fingerprint density at radius 1 is 1.11 bits per heavy atom. The molecular formula is C18H13F3O4S2. The molecule has 27 heavy (non-hydrogen) atoms. The summed E-state index contributed by atoms with van der Waals surface area (Å²) in [5.41, 5.74) is -0.789. The van der Waals surface area contributed by atoms with Gasteiger partial charge in [-0.15, -0.1) is 11.3 Å². The second-order valence-corrected chi connectivity index (χ2v) is 7.53. The van der Waals surface area contributed by atoms with Crippen molar-refractivity contribution in [3.63, 3.8) is 0 Å². The average Bonchev–Trinajstić information content (AvgIpc) is 2.97. The number of benzene rings is 2. The lowest BCUT2D eigenvalue weighted by Gasteiger charge is -2.10. The van der Waals surface area contributed by atoms with Crippen molar-refractivity contribution >= 4 is 39.2 Å². The Hall–Kier alpha value is -2.39. The molecule has 0 aliphatic rings. The van der Waals surface area contributed by atoms with Crippen molar-refractivity contribution in [2.24, 2.45) is 0 Å². The number of hydrogen-bond donors (Lipinski definition) is 1. The molecule has 0 amide bonds. The molecule has 1 heterocycles. The zero-order valence-corrected chi connectivity index (χ0v) is 15.7. The third-order valence-corrected chi connectivity index (χ3v) is 6.11. The molecule has 0 spiro atoms. The lowest BCUT2D eigenvalue weighted by molar-refractivity contribution is -0.137. The molecule has 1 N–H and O–H groups in total. The number of hydrogen-bond acceptors (Lipinski definition) is 5. The fraction of sp³-hybridized carbons (Fsp3) is 0.167. The van der Waals surface area contributed by atoms with E-state index < -0.39 is 17.7 Å². The lowest BCUT2D eigenvalue weighted by Crippen LogP contribution is -2.04. The molecule has 4 nitrogen and oxygen atoms in total. The van der Waals surface area contributed by atoms with Crippen LogP contribution >= 0.6 is 23.1 Å². The first-order chi connectivity index (χ1) is 12.7. The number of halogens is 3. The van der Waals surface area contributed by atoms with E-state index in [1.165, 1.54) is 26.4 Å². The maximum Gasteiger partial charge on any atom is 0.416 e. The molecule has 0 saturated carbocycles. The zero-order valence-electron chi connectivity index (χ0n) is 14.1. The minimum Gasteiger partial charge on any atom is -0.493 e. The van der Waals surface area contributed by atoms with Gasteiger partial charge in [0.25, 0.3) is 0 Å². The van der Waals surface area contributed by atoms with Gasteiger partial charge in [-0.05, 0) is 24.3 Å². The molecule has 142 valence electrons. The highest BCUT2D eigenvalue weighted by molar-refractivity contribution is 7.99. The number of carboxylic acid groups (broad SMARTS) is 1. The van der Waals surface area contributed by atoms with E-state index in [0.29, 0.717) is 31.4 Å². The van der Waals surface area contributed by atoms with E-state index >= 15 is 0 Å². The summed E-state index contributed by atoms with van der Waals surface area (Å²) in [5.74, 6) is -0.298. The maximum absolute atomic E-state index is 13.0. The van der Waals surface area contributed by atoms with Gasteiger partial charge in [-0.25, -0.2) is 4.79 Å². The van der Waals surface area contributed by atoms with Gasteiger partial charge in [-0.3, -0.25) is 0 Å². The molecule has 0 unspecified atom stereocenters. The monoisotopic (exact) mass is 414 g/mol. The number of thiophene rings is 1. The molecule has 0 aliphatic carbocycles. The second-order valence-electron chi connectivity index (χ2n) is 5.40. The van der Waals surface area contributed by atoms with Gasteiger partial charge in [0, 0.05) is 25.9 Å². The van der Waals surface area contributed by atoms with Crippen LogP contribution in [0.1, 0.15) is 15.2 Å². The van der Waals surface area contributed by atoms with Crippen molar-refractivity contribution in [1.82, 2.24) is 0 Å². The van der Waals surface area contributed by atoms with Gasteiger partial charge >= 0.3 is 12.1 Å². The Morgan fingerprint density at radius 2 is 1.78 bits per heavy atom. The summed E-state index contributed by atoms with van der Waals surface area (Å²) in [5, 5.41) is 10.1. The number of carbonyl (C=O) groups is 1. The molecule has 9 heteroatoms. The number of methoxy groups -OCH3 is 2. The molecule has 1 aromatic heterocycles. The van der Waals surface area contributed by atoms with Crippen LogP contribution in [-0.4, -0.2) is 25.3 Å². The van der Waals surface area contributed by atoms with Gasteiger partial charge in [-0.1, -0.05) is 17.8 Å². The quantitative estimate of drug-likeness (QED) is 0.573. The number of rotatable bonds is 5. The normalized spacial score (nSPS) is 11.6. The van der Waals surface area contributed by atoms with Gasteiger partial charge in [-0.2, -0.15) is 13.2 Å². The third-order valence-electron chi connectivity index (χ3n) is 3.72. The topological polar surface area (TPSA) is 55.8 Å². The van der Waals surface area contributed by atoms with E-state index in [1.807, 2.05) is 0 Å². The number of aromatic carboxylic acids is 1. The minimum atomic E-state index is -4.47. The molecular weight excluding hydrogens is 401 g/mol. The van der Waals surface area contributed by atoms with Crippen LogP contribution in [0.3, 0.4) is 0 Å². The maximum atomic E-state index is 13.0. The Balaban J connectivity index is 2.15. The first-order valence-corrected chi connectivity index (χ1v) is 9.14. The van der Waals surface area contributed by atoms with Gasteiger partial charge in [0.1, 0.15) is 4.88 Å². The van der Waals surface area contributed by atoms with Crippen LogP contribution in [0.5, 0.6) is 11.5 Å². The summed E-state index contributed by atoms with van der Waals surface area (Å²) in [6.45, 7) is 0. The molecule has 0 aliphatic heterocycles. The largest absolute Gasteiger partial charge is 0.493 e. The Morgan fingerprint density at radius 3 is 2.37 bits per heavy atom. The zero-order chi connectivity index (χ0) is 19.8. The molecule has 0 saturated heterocycles. The Kier molecular flexibility index (Phi) is 5.25.